The third kappa shape index (κ3) is 0.641. The predicted molar refractivity (Wildman–Crippen MR) is 48.7 cm³/mol. The third-order valence-corrected chi connectivity index (χ3v) is 3.24. The molecule has 3 rings (SSSR count). The van der Waals surface area contributed by atoms with Crippen molar-refractivity contribution < 1.29 is 0 Å². The van der Waals surface area contributed by atoms with Crippen molar-refractivity contribution in [3.8, 4) is 0 Å². The van der Waals surface area contributed by atoms with Crippen molar-refractivity contribution in [2.75, 3.05) is 0 Å². The van der Waals surface area contributed by atoms with Crippen LogP contribution in [0, 0.1) is 0 Å². The van der Waals surface area contributed by atoms with Crippen LogP contribution in [0.25, 0.3) is 5.57 Å². The van der Waals surface area contributed by atoms with E-state index in [0.29, 0.717) is 0 Å². The second-order valence-electron chi connectivity index (χ2n) is 3.07. The third-order valence-electron chi connectivity index (χ3n) is 2.45. The molecule has 1 heterocycles. The molecular formula is C10H8S. The summed E-state index contributed by atoms with van der Waals surface area (Å²) in [6.45, 7) is 0. The van der Waals surface area contributed by atoms with Gasteiger partial charge in [0.1, 0.15) is 0 Å². The average molecular weight is 160 g/mol. The number of allylic oxidation sites excluding steroid dienone is 4. The summed E-state index contributed by atoms with van der Waals surface area (Å²) in [5, 5.41) is 4.54. The molecule has 11 heavy (non-hydrogen) atoms. The van der Waals surface area contributed by atoms with E-state index in [4.69, 9.17) is 0 Å². The van der Waals surface area contributed by atoms with Crippen molar-refractivity contribution in [2.24, 2.45) is 0 Å². The van der Waals surface area contributed by atoms with E-state index in [1.807, 2.05) is 11.3 Å². The molecule has 0 radical (unpaired) electrons. The number of hydrogen-bond acceptors (Lipinski definition) is 1. The number of fused-ring (bicyclic) bond motifs is 3. The molecule has 1 aromatic heterocycles. The molecule has 1 aromatic rings. The Labute approximate surface area is 69.9 Å². The topological polar surface area (TPSA) is 0 Å². The zero-order chi connectivity index (χ0) is 7.26. The summed E-state index contributed by atoms with van der Waals surface area (Å²) in [7, 11) is 0. The minimum Gasteiger partial charge on any atom is -0.151 e. The van der Waals surface area contributed by atoms with Crippen LogP contribution in [0.4, 0.5) is 0 Å². The summed E-state index contributed by atoms with van der Waals surface area (Å²) >= 11 is 1.82. The summed E-state index contributed by atoms with van der Waals surface area (Å²) in [5.74, 6) is 0. The first-order chi connectivity index (χ1) is 5.45. The highest BCUT2D eigenvalue weighted by Gasteiger charge is 2.23. The van der Waals surface area contributed by atoms with Crippen LogP contribution in [0.3, 0.4) is 0 Å². The lowest BCUT2D eigenvalue weighted by atomic mass is 10.1. The van der Waals surface area contributed by atoms with E-state index < -0.39 is 0 Å². The van der Waals surface area contributed by atoms with Crippen LogP contribution in [0.2, 0.25) is 0 Å². The maximum absolute atomic E-state index is 2.35. The van der Waals surface area contributed by atoms with Gasteiger partial charge in [0.15, 0.2) is 0 Å². The van der Waals surface area contributed by atoms with Crippen LogP contribution in [0.5, 0.6) is 0 Å². The normalized spacial score (nSPS) is 19.3. The Morgan fingerprint density at radius 2 is 2.18 bits per heavy atom. The molecule has 0 aromatic carbocycles. The molecule has 2 aliphatic rings. The van der Waals surface area contributed by atoms with Crippen molar-refractivity contribution in [1.29, 1.82) is 0 Å². The van der Waals surface area contributed by atoms with Crippen LogP contribution in [0.1, 0.15) is 17.5 Å². The van der Waals surface area contributed by atoms with Gasteiger partial charge in [-0.3, -0.25) is 0 Å². The fourth-order valence-corrected chi connectivity index (χ4v) is 2.77. The second kappa shape index (κ2) is 1.86. The van der Waals surface area contributed by atoms with Gasteiger partial charge in [0.05, 0.1) is 0 Å². The summed E-state index contributed by atoms with van der Waals surface area (Å²) in [6, 6.07) is 0. The van der Waals surface area contributed by atoms with Crippen LogP contribution >= 0.6 is 11.3 Å². The zero-order valence-corrected chi connectivity index (χ0v) is 6.95. The minimum atomic E-state index is 1.15. The Kier molecular flexibility index (Phi) is 0.977. The lowest BCUT2D eigenvalue weighted by Gasteiger charge is -1.91. The molecule has 0 saturated heterocycles. The molecule has 2 aliphatic carbocycles. The fraction of sp³-hybridized carbons (Fsp3) is 0.200. The van der Waals surface area contributed by atoms with E-state index in [2.05, 4.69) is 22.9 Å². The van der Waals surface area contributed by atoms with Crippen LogP contribution < -0.4 is 0 Å². The summed E-state index contributed by atoms with van der Waals surface area (Å²) < 4.78 is 0. The van der Waals surface area contributed by atoms with Crippen molar-refractivity contribution >= 4 is 16.9 Å². The molecule has 0 saturated carbocycles. The standard InChI is InChI=1S/C10H8S/c1-2-7-4-8-5-11-6-10(8)9(7)3-1/h2-3,5-6H,1,4H2. The average Bonchev–Trinajstić information content (AvgIpc) is 2.52. The molecular weight excluding hydrogens is 152 g/mol. The Bertz CT molecular complexity index is 366. The van der Waals surface area contributed by atoms with Crippen molar-refractivity contribution in [2.45, 2.75) is 12.8 Å². The molecule has 0 nitrogen and oxygen atoms in total. The quantitative estimate of drug-likeness (QED) is 0.547. The fourth-order valence-electron chi connectivity index (χ4n) is 1.91. The zero-order valence-electron chi connectivity index (χ0n) is 6.13. The first-order valence-corrected chi connectivity index (χ1v) is 4.84. The molecule has 0 aliphatic heterocycles. The van der Waals surface area contributed by atoms with Gasteiger partial charge in [-0.2, -0.15) is 11.3 Å². The first-order valence-electron chi connectivity index (χ1n) is 3.90. The van der Waals surface area contributed by atoms with Gasteiger partial charge in [0, 0.05) is 0 Å². The van der Waals surface area contributed by atoms with E-state index in [0.717, 1.165) is 6.42 Å². The molecule has 0 bridgehead atoms. The highest BCUT2D eigenvalue weighted by atomic mass is 32.1. The number of thiophene rings is 1. The molecule has 0 spiro atoms. The predicted octanol–water partition coefficient (Wildman–Crippen LogP) is 3.02. The molecule has 0 unspecified atom stereocenters. The Hall–Kier alpha value is -0.820. The highest BCUT2D eigenvalue weighted by Crippen LogP contribution is 2.41. The molecule has 0 fully saturated rings. The monoisotopic (exact) mass is 160 g/mol. The largest absolute Gasteiger partial charge is 0.151 e. The van der Waals surface area contributed by atoms with Gasteiger partial charge in [-0.25, -0.2) is 0 Å². The van der Waals surface area contributed by atoms with E-state index in [-0.39, 0.29) is 0 Å². The van der Waals surface area contributed by atoms with Crippen LogP contribution in [-0.4, -0.2) is 0 Å². The molecule has 0 atom stereocenters. The van der Waals surface area contributed by atoms with Crippen molar-refractivity contribution in [3.63, 3.8) is 0 Å². The van der Waals surface area contributed by atoms with Crippen molar-refractivity contribution in [3.05, 3.63) is 39.6 Å². The van der Waals surface area contributed by atoms with Gasteiger partial charge in [-0.1, -0.05) is 12.2 Å². The molecule has 1 heteroatoms. The van der Waals surface area contributed by atoms with Crippen LogP contribution in [0.15, 0.2) is 28.5 Å². The van der Waals surface area contributed by atoms with Crippen LogP contribution in [-0.2, 0) is 6.42 Å². The SMILES string of the molecule is C1=C2Cc3cscc3C2=CC1. The number of hydrogen-bond donors (Lipinski definition) is 0. The van der Waals surface area contributed by atoms with Gasteiger partial charge in [-0.15, -0.1) is 0 Å². The van der Waals surface area contributed by atoms with Gasteiger partial charge in [-0.05, 0) is 45.9 Å². The summed E-state index contributed by atoms with van der Waals surface area (Å²) in [5.41, 5.74) is 6.11. The summed E-state index contributed by atoms with van der Waals surface area (Å²) in [4.78, 5) is 0. The molecule has 0 N–H and O–H groups in total. The van der Waals surface area contributed by atoms with E-state index in [9.17, 15) is 0 Å². The lowest BCUT2D eigenvalue weighted by molar-refractivity contribution is 1.27. The van der Waals surface area contributed by atoms with E-state index in [1.165, 1.54) is 23.1 Å². The first kappa shape index (κ1) is 5.78. The second-order valence-corrected chi connectivity index (χ2v) is 3.81. The van der Waals surface area contributed by atoms with Gasteiger partial charge < -0.3 is 0 Å². The smallest absolute Gasteiger partial charge is 0.000835 e. The molecule has 0 amide bonds. The Balaban J connectivity index is 2.30. The maximum atomic E-state index is 2.35. The van der Waals surface area contributed by atoms with E-state index >= 15 is 0 Å². The highest BCUT2D eigenvalue weighted by molar-refractivity contribution is 7.08. The Morgan fingerprint density at radius 3 is 3.18 bits per heavy atom. The van der Waals surface area contributed by atoms with Gasteiger partial charge in [0.2, 0.25) is 0 Å². The molecule has 54 valence electrons. The lowest BCUT2D eigenvalue weighted by Crippen LogP contribution is -1.73. The van der Waals surface area contributed by atoms with Gasteiger partial charge in [0.25, 0.3) is 0 Å². The number of rotatable bonds is 0. The van der Waals surface area contributed by atoms with E-state index in [1.54, 1.807) is 5.57 Å². The Morgan fingerprint density at radius 1 is 1.18 bits per heavy atom. The van der Waals surface area contributed by atoms with Crippen molar-refractivity contribution in [1.82, 2.24) is 0 Å². The maximum Gasteiger partial charge on any atom is -0.000835 e. The minimum absolute atomic E-state index is 1.15. The summed E-state index contributed by atoms with van der Waals surface area (Å²) in [6.07, 6.45) is 7.03. The van der Waals surface area contributed by atoms with Gasteiger partial charge >= 0.3 is 0 Å².